The van der Waals surface area contributed by atoms with Crippen molar-refractivity contribution in [2.45, 2.75) is 0 Å². The number of nitro benzene ring substituents is 1. The molecule has 6 nitrogen and oxygen atoms in total. The molecule has 0 amide bonds. The van der Waals surface area contributed by atoms with Gasteiger partial charge in [-0.25, -0.2) is 4.39 Å². The topological polar surface area (TPSA) is 90.4 Å². The Labute approximate surface area is 114 Å². The molecule has 3 N–H and O–H groups in total. The summed E-state index contributed by atoms with van der Waals surface area (Å²) in [5.74, 6) is -0.369. The van der Waals surface area contributed by atoms with Crippen LogP contribution in [0.4, 0.5) is 27.1 Å². The normalized spacial score (nSPS) is 10.1. The van der Waals surface area contributed by atoms with Crippen LogP contribution in [0.15, 0.2) is 36.4 Å². The molecule has 0 saturated carbocycles. The molecular formula is C13H12FN3O3. The van der Waals surface area contributed by atoms with Crippen LogP contribution in [-0.2, 0) is 0 Å². The summed E-state index contributed by atoms with van der Waals surface area (Å²) in [4.78, 5) is 10.1. The summed E-state index contributed by atoms with van der Waals surface area (Å²) in [5, 5.41) is 13.6. The molecule has 0 bridgehead atoms. The van der Waals surface area contributed by atoms with Gasteiger partial charge in [-0.2, -0.15) is 0 Å². The van der Waals surface area contributed by atoms with Gasteiger partial charge in [0.2, 0.25) is 0 Å². The van der Waals surface area contributed by atoms with E-state index < -0.39 is 10.7 Å². The van der Waals surface area contributed by atoms with Gasteiger partial charge >= 0.3 is 0 Å². The van der Waals surface area contributed by atoms with Crippen molar-refractivity contribution in [1.29, 1.82) is 0 Å². The molecule has 0 aliphatic heterocycles. The minimum Gasteiger partial charge on any atom is -0.494 e. The molecule has 2 aromatic carbocycles. The van der Waals surface area contributed by atoms with E-state index in [1.807, 2.05) is 0 Å². The zero-order chi connectivity index (χ0) is 14.7. The molecule has 0 spiro atoms. The standard InChI is InChI=1S/C13H12FN3O3/c1-20-13-5-3-8(6-10(13)14)16-9-2-4-12(17(18)19)11(15)7-9/h2-7,16H,15H2,1H3. The van der Waals surface area contributed by atoms with Gasteiger partial charge in [0.05, 0.1) is 12.0 Å². The fourth-order valence-electron chi connectivity index (χ4n) is 1.71. The number of hydrogen-bond donors (Lipinski definition) is 2. The third-order valence-corrected chi connectivity index (χ3v) is 2.66. The van der Waals surface area contributed by atoms with Gasteiger partial charge in [-0.3, -0.25) is 10.1 Å². The molecule has 7 heteroatoms. The Morgan fingerprint density at radius 1 is 1.25 bits per heavy atom. The number of nitrogens with two attached hydrogens (primary N) is 1. The lowest BCUT2D eigenvalue weighted by Crippen LogP contribution is -1.98. The Balaban J connectivity index is 2.24. The SMILES string of the molecule is COc1ccc(Nc2ccc([N+](=O)[O-])c(N)c2)cc1F. The fraction of sp³-hybridized carbons (Fsp3) is 0.0769. The first kappa shape index (κ1) is 13.6. The number of rotatable bonds is 4. The van der Waals surface area contributed by atoms with Crippen LogP contribution in [0.25, 0.3) is 0 Å². The number of ether oxygens (including phenoxy) is 1. The van der Waals surface area contributed by atoms with Crippen LogP contribution in [0, 0.1) is 15.9 Å². The van der Waals surface area contributed by atoms with E-state index in [9.17, 15) is 14.5 Å². The molecule has 0 aromatic heterocycles. The highest BCUT2D eigenvalue weighted by molar-refractivity contribution is 5.70. The third-order valence-electron chi connectivity index (χ3n) is 2.66. The number of nitro groups is 1. The number of methoxy groups -OCH3 is 1. The first-order valence-corrected chi connectivity index (χ1v) is 5.65. The molecule has 0 heterocycles. The van der Waals surface area contributed by atoms with Crippen molar-refractivity contribution in [3.8, 4) is 5.75 Å². The fourth-order valence-corrected chi connectivity index (χ4v) is 1.71. The average molecular weight is 277 g/mol. The van der Waals surface area contributed by atoms with Crippen molar-refractivity contribution < 1.29 is 14.1 Å². The maximum absolute atomic E-state index is 13.5. The van der Waals surface area contributed by atoms with Gasteiger partial charge in [-0.05, 0) is 24.3 Å². The Morgan fingerprint density at radius 2 is 1.90 bits per heavy atom. The van der Waals surface area contributed by atoms with Gasteiger partial charge in [0.1, 0.15) is 5.69 Å². The van der Waals surface area contributed by atoms with Gasteiger partial charge < -0.3 is 15.8 Å². The summed E-state index contributed by atoms with van der Waals surface area (Å²) in [7, 11) is 1.38. The van der Waals surface area contributed by atoms with Crippen molar-refractivity contribution >= 4 is 22.7 Å². The molecule has 0 fully saturated rings. The summed E-state index contributed by atoms with van der Waals surface area (Å²) in [6.45, 7) is 0. The second-order valence-electron chi connectivity index (χ2n) is 4.01. The Morgan fingerprint density at radius 3 is 2.45 bits per heavy atom. The van der Waals surface area contributed by atoms with Crippen molar-refractivity contribution in [3.05, 3.63) is 52.3 Å². The second-order valence-corrected chi connectivity index (χ2v) is 4.01. The first-order chi connectivity index (χ1) is 9.51. The maximum atomic E-state index is 13.5. The zero-order valence-corrected chi connectivity index (χ0v) is 10.6. The molecule has 104 valence electrons. The van der Waals surface area contributed by atoms with Gasteiger partial charge in [-0.1, -0.05) is 0 Å². The number of nitrogens with zero attached hydrogens (tertiary/aromatic N) is 1. The van der Waals surface area contributed by atoms with E-state index in [0.717, 1.165) is 0 Å². The first-order valence-electron chi connectivity index (χ1n) is 5.65. The number of halogens is 1. The van der Waals surface area contributed by atoms with E-state index in [-0.39, 0.29) is 17.1 Å². The largest absolute Gasteiger partial charge is 0.494 e. The van der Waals surface area contributed by atoms with Gasteiger partial charge in [0.25, 0.3) is 5.69 Å². The molecule has 0 aliphatic carbocycles. The van der Waals surface area contributed by atoms with Crippen LogP contribution in [0.1, 0.15) is 0 Å². The average Bonchev–Trinajstić information content (AvgIpc) is 2.38. The van der Waals surface area contributed by atoms with E-state index in [1.165, 1.54) is 37.4 Å². The number of hydrogen-bond acceptors (Lipinski definition) is 5. The number of nitrogens with one attached hydrogen (secondary N) is 1. The van der Waals surface area contributed by atoms with Crippen LogP contribution in [0.2, 0.25) is 0 Å². The predicted molar refractivity (Wildman–Crippen MR) is 73.7 cm³/mol. The van der Waals surface area contributed by atoms with E-state index in [1.54, 1.807) is 6.07 Å². The van der Waals surface area contributed by atoms with Crippen LogP contribution in [-0.4, -0.2) is 12.0 Å². The van der Waals surface area contributed by atoms with Crippen molar-refractivity contribution in [2.24, 2.45) is 0 Å². The summed E-state index contributed by atoms with van der Waals surface area (Å²) in [6.07, 6.45) is 0. The van der Waals surface area contributed by atoms with Crippen molar-refractivity contribution in [1.82, 2.24) is 0 Å². The quantitative estimate of drug-likeness (QED) is 0.509. The lowest BCUT2D eigenvalue weighted by molar-refractivity contribution is -0.383. The minimum absolute atomic E-state index is 0.0361. The number of anilines is 3. The van der Waals surface area contributed by atoms with E-state index in [0.29, 0.717) is 11.4 Å². The lowest BCUT2D eigenvalue weighted by Gasteiger charge is -2.09. The minimum atomic E-state index is -0.563. The highest BCUT2D eigenvalue weighted by Crippen LogP contribution is 2.28. The summed E-state index contributed by atoms with van der Waals surface area (Å²) < 4.78 is 18.3. The highest BCUT2D eigenvalue weighted by Gasteiger charge is 2.11. The zero-order valence-electron chi connectivity index (χ0n) is 10.6. The van der Waals surface area contributed by atoms with Crippen molar-refractivity contribution in [3.63, 3.8) is 0 Å². The molecule has 2 rings (SSSR count). The molecule has 0 unspecified atom stereocenters. The third kappa shape index (κ3) is 2.77. The molecule has 0 atom stereocenters. The van der Waals surface area contributed by atoms with E-state index in [2.05, 4.69) is 5.32 Å². The molecule has 20 heavy (non-hydrogen) atoms. The smallest absolute Gasteiger partial charge is 0.292 e. The Bertz CT molecular complexity index is 661. The van der Waals surface area contributed by atoms with Crippen molar-refractivity contribution in [2.75, 3.05) is 18.2 Å². The Kier molecular flexibility index (Phi) is 3.69. The molecule has 0 radical (unpaired) electrons. The van der Waals surface area contributed by atoms with Gasteiger partial charge in [0, 0.05) is 23.5 Å². The van der Waals surface area contributed by atoms with E-state index in [4.69, 9.17) is 10.5 Å². The Hall–Kier alpha value is -2.83. The lowest BCUT2D eigenvalue weighted by atomic mass is 10.2. The van der Waals surface area contributed by atoms with Gasteiger partial charge in [0.15, 0.2) is 11.6 Å². The molecule has 2 aromatic rings. The second kappa shape index (κ2) is 5.43. The van der Waals surface area contributed by atoms with Crippen LogP contribution >= 0.6 is 0 Å². The van der Waals surface area contributed by atoms with Crippen LogP contribution in [0.5, 0.6) is 5.75 Å². The summed E-state index contributed by atoms with van der Waals surface area (Å²) in [5.41, 5.74) is 6.45. The summed E-state index contributed by atoms with van der Waals surface area (Å²) in [6, 6.07) is 8.57. The van der Waals surface area contributed by atoms with E-state index >= 15 is 0 Å². The van der Waals surface area contributed by atoms with Crippen LogP contribution in [0.3, 0.4) is 0 Å². The maximum Gasteiger partial charge on any atom is 0.292 e. The number of nitrogen functional groups attached to an aromatic ring is 1. The summed E-state index contributed by atoms with van der Waals surface area (Å²) >= 11 is 0. The number of benzene rings is 2. The molecule has 0 aliphatic rings. The van der Waals surface area contributed by atoms with Gasteiger partial charge in [-0.15, -0.1) is 0 Å². The monoisotopic (exact) mass is 277 g/mol. The predicted octanol–water partition coefficient (Wildman–Crippen LogP) is 3.07. The molecule has 0 saturated heterocycles. The highest BCUT2D eigenvalue weighted by atomic mass is 19.1. The van der Waals surface area contributed by atoms with Crippen LogP contribution < -0.4 is 15.8 Å². The molecular weight excluding hydrogens is 265 g/mol.